The Hall–Kier alpha value is -5.85. The number of nitrogens with zero attached hydrogens (tertiary/aromatic N) is 6. The summed E-state index contributed by atoms with van der Waals surface area (Å²) in [5.74, 6) is -0.105. The fraction of sp³-hybridized carbons (Fsp3) is 0.219. The Bertz CT molecular complexity index is 2040. The highest BCUT2D eigenvalue weighted by atomic mass is 16.5. The Morgan fingerprint density at radius 3 is 2.38 bits per heavy atom. The van der Waals surface area contributed by atoms with Gasteiger partial charge in [0.25, 0.3) is 23.3 Å². The number of imidazole rings is 1. The van der Waals surface area contributed by atoms with E-state index in [4.69, 9.17) is 4.52 Å². The summed E-state index contributed by atoms with van der Waals surface area (Å²) in [5.41, 5.74) is 2.81. The summed E-state index contributed by atoms with van der Waals surface area (Å²) in [5, 5.41) is 5.55. The molecular formula is C32H30N8O5. The minimum atomic E-state index is -0.534. The van der Waals surface area contributed by atoms with E-state index >= 15 is 0 Å². The van der Waals surface area contributed by atoms with E-state index < -0.39 is 11.9 Å². The van der Waals surface area contributed by atoms with Crippen LogP contribution in [0.15, 0.2) is 70.4 Å². The van der Waals surface area contributed by atoms with Gasteiger partial charge in [0, 0.05) is 42.8 Å². The molecule has 228 valence electrons. The topological polar surface area (TPSA) is 157 Å². The lowest BCUT2D eigenvalue weighted by Crippen LogP contribution is -2.28. The van der Waals surface area contributed by atoms with Crippen LogP contribution < -0.4 is 21.1 Å². The lowest BCUT2D eigenvalue weighted by Gasteiger charge is -2.25. The summed E-state index contributed by atoms with van der Waals surface area (Å²) in [6, 6.07) is 13.0. The maximum atomic E-state index is 13.8. The van der Waals surface area contributed by atoms with Crippen molar-refractivity contribution in [3.05, 3.63) is 106 Å². The lowest BCUT2D eigenvalue weighted by molar-refractivity contribution is 0.0984. The van der Waals surface area contributed by atoms with Crippen molar-refractivity contribution in [2.45, 2.75) is 33.2 Å². The number of fused-ring (bicyclic) bond motifs is 1. The molecule has 1 aliphatic rings. The zero-order chi connectivity index (χ0) is 32.0. The Kier molecular flexibility index (Phi) is 7.36. The van der Waals surface area contributed by atoms with Gasteiger partial charge in [0.05, 0.1) is 17.9 Å². The monoisotopic (exact) mass is 606 g/mol. The van der Waals surface area contributed by atoms with E-state index in [0.29, 0.717) is 51.6 Å². The average molecular weight is 607 g/mol. The quantitative estimate of drug-likeness (QED) is 0.276. The molecule has 2 N–H and O–H groups in total. The molecule has 1 aliphatic heterocycles. The lowest BCUT2D eigenvalue weighted by atomic mass is 10.0. The van der Waals surface area contributed by atoms with Crippen LogP contribution in [-0.2, 0) is 14.1 Å². The fourth-order valence-electron chi connectivity index (χ4n) is 5.61. The summed E-state index contributed by atoms with van der Waals surface area (Å²) in [6.07, 6.45) is 3.73. The van der Waals surface area contributed by atoms with Gasteiger partial charge in [-0.05, 0) is 56.2 Å². The van der Waals surface area contributed by atoms with E-state index in [0.717, 1.165) is 0 Å². The molecule has 0 saturated heterocycles. The van der Waals surface area contributed by atoms with Gasteiger partial charge in [0.1, 0.15) is 23.0 Å². The summed E-state index contributed by atoms with van der Waals surface area (Å²) in [6.45, 7) is 5.26. The Morgan fingerprint density at radius 2 is 1.73 bits per heavy atom. The van der Waals surface area contributed by atoms with Crippen molar-refractivity contribution in [1.29, 1.82) is 0 Å². The molecule has 0 bridgehead atoms. The van der Waals surface area contributed by atoms with Crippen LogP contribution in [0, 0.1) is 13.8 Å². The van der Waals surface area contributed by atoms with Crippen molar-refractivity contribution < 1.29 is 18.9 Å². The number of amides is 3. The molecule has 0 spiro atoms. The molecule has 1 atom stereocenters. The van der Waals surface area contributed by atoms with E-state index in [-0.39, 0.29) is 34.6 Å². The molecule has 0 fully saturated rings. The second-order valence-corrected chi connectivity index (χ2v) is 10.8. The van der Waals surface area contributed by atoms with Crippen LogP contribution in [0.2, 0.25) is 0 Å². The third kappa shape index (κ3) is 5.28. The number of benzene rings is 2. The van der Waals surface area contributed by atoms with Gasteiger partial charge in [-0.1, -0.05) is 25.1 Å². The van der Waals surface area contributed by atoms with Gasteiger partial charge < -0.3 is 19.7 Å². The maximum Gasteiger partial charge on any atom is 0.290 e. The second-order valence-electron chi connectivity index (χ2n) is 10.8. The van der Waals surface area contributed by atoms with Gasteiger partial charge in [-0.2, -0.15) is 4.74 Å². The van der Waals surface area contributed by atoms with Crippen molar-refractivity contribution in [3.63, 3.8) is 0 Å². The van der Waals surface area contributed by atoms with E-state index in [9.17, 15) is 19.2 Å². The highest BCUT2D eigenvalue weighted by Gasteiger charge is 2.42. The van der Waals surface area contributed by atoms with Crippen LogP contribution in [0.25, 0.3) is 11.1 Å². The number of rotatable bonds is 7. The molecule has 0 radical (unpaired) electrons. The number of carbonyl (C=O) groups excluding carboxylic acids is 3. The second kappa shape index (κ2) is 11.3. The first-order chi connectivity index (χ1) is 21.5. The highest BCUT2D eigenvalue weighted by Crippen LogP contribution is 2.40. The minimum absolute atomic E-state index is 0.0812. The van der Waals surface area contributed by atoms with Crippen LogP contribution >= 0.6 is 0 Å². The molecular weight excluding hydrogens is 576 g/mol. The predicted octanol–water partition coefficient (Wildman–Crippen LogP) is 4.40. The number of anilines is 3. The van der Waals surface area contributed by atoms with Crippen molar-refractivity contribution in [2.24, 2.45) is 14.1 Å². The van der Waals surface area contributed by atoms with E-state index in [1.54, 1.807) is 98.5 Å². The first-order valence-electron chi connectivity index (χ1n) is 14.3. The Labute approximate surface area is 257 Å². The number of aromatic nitrogens is 5. The molecule has 5 aromatic rings. The van der Waals surface area contributed by atoms with Gasteiger partial charge in [-0.15, -0.1) is 0 Å². The Balaban J connectivity index is 1.28. The van der Waals surface area contributed by atoms with E-state index in [2.05, 4.69) is 25.6 Å². The SMILES string of the molecule is CC[C@@H]1c2c(C(=O)Nc3cccc(C(=O)Nc4cn(C)cn4)c3)nc(C)nc2C(=O)N1c1ccc(-c2c(C)on(C)c2=O)cc1. The minimum Gasteiger partial charge on any atom is -0.381 e. The largest absolute Gasteiger partial charge is 0.381 e. The molecule has 13 nitrogen and oxygen atoms in total. The van der Waals surface area contributed by atoms with Gasteiger partial charge in [0.2, 0.25) is 0 Å². The van der Waals surface area contributed by atoms with E-state index in [1.807, 2.05) is 6.92 Å². The van der Waals surface area contributed by atoms with Gasteiger partial charge in [0.15, 0.2) is 5.82 Å². The summed E-state index contributed by atoms with van der Waals surface area (Å²) < 4.78 is 8.31. The third-order valence-electron chi connectivity index (χ3n) is 7.61. The molecule has 4 heterocycles. The van der Waals surface area contributed by atoms with Crippen LogP contribution in [0.1, 0.15) is 67.9 Å². The van der Waals surface area contributed by atoms with Crippen LogP contribution in [0.3, 0.4) is 0 Å². The first-order valence-corrected chi connectivity index (χ1v) is 14.3. The van der Waals surface area contributed by atoms with Crippen LogP contribution in [-0.4, -0.2) is 42.0 Å². The third-order valence-corrected chi connectivity index (χ3v) is 7.61. The standard InChI is InChI=1S/C32H30N8O5/c1-6-23-26-27(30(42)36-21-9-7-8-20(14-21)29(41)37-24-15-38(4)16-33-24)34-18(3)35-28(26)32(44)40(23)22-12-10-19(11-13-22)25-17(2)45-39(5)31(25)43/h7-16,23H,6H2,1-5H3,(H,36,42)(H,37,41)/t23-/m1/s1. The zero-order valence-corrected chi connectivity index (χ0v) is 25.3. The first kappa shape index (κ1) is 29.2. The van der Waals surface area contributed by atoms with Crippen LogP contribution in [0.5, 0.6) is 0 Å². The number of nitrogens with one attached hydrogen (secondary N) is 2. The molecule has 45 heavy (non-hydrogen) atoms. The molecule has 0 saturated carbocycles. The average Bonchev–Trinajstić information content (AvgIpc) is 3.64. The van der Waals surface area contributed by atoms with Gasteiger partial charge >= 0.3 is 0 Å². The zero-order valence-electron chi connectivity index (χ0n) is 25.3. The molecule has 3 aromatic heterocycles. The van der Waals surface area contributed by atoms with Crippen LogP contribution in [0.4, 0.5) is 17.2 Å². The summed E-state index contributed by atoms with van der Waals surface area (Å²) in [7, 11) is 3.34. The van der Waals surface area contributed by atoms with Crippen molar-refractivity contribution >= 4 is 34.9 Å². The van der Waals surface area contributed by atoms with Crippen molar-refractivity contribution in [3.8, 4) is 11.1 Å². The molecule has 13 heteroatoms. The summed E-state index contributed by atoms with van der Waals surface area (Å²) >= 11 is 0. The molecule has 3 amide bonds. The molecule has 0 unspecified atom stereocenters. The molecule has 6 rings (SSSR count). The number of hydrogen-bond donors (Lipinski definition) is 2. The highest BCUT2D eigenvalue weighted by molar-refractivity contribution is 6.14. The van der Waals surface area contributed by atoms with Crippen molar-refractivity contribution in [1.82, 2.24) is 24.3 Å². The fourth-order valence-corrected chi connectivity index (χ4v) is 5.61. The number of carbonyl (C=O) groups is 3. The maximum absolute atomic E-state index is 13.8. The Morgan fingerprint density at radius 1 is 0.978 bits per heavy atom. The number of aryl methyl sites for hydroxylation is 4. The summed E-state index contributed by atoms with van der Waals surface area (Å²) in [4.78, 5) is 67.4. The van der Waals surface area contributed by atoms with E-state index in [1.165, 1.54) is 4.74 Å². The smallest absolute Gasteiger partial charge is 0.290 e. The molecule has 2 aromatic carbocycles. The van der Waals surface area contributed by atoms with Crippen molar-refractivity contribution in [2.75, 3.05) is 15.5 Å². The molecule has 0 aliphatic carbocycles. The van der Waals surface area contributed by atoms with Gasteiger partial charge in [-0.25, -0.2) is 15.0 Å². The number of hydrogen-bond acceptors (Lipinski definition) is 8. The predicted molar refractivity (Wildman–Crippen MR) is 166 cm³/mol. The normalized spacial score (nSPS) is 14.0. The van der Waals surface area contributed by atoms with Gasteiger partial charge in [-0.3, -0.25) is 24.1 Å².